The van der Waals surface area contributed by atoms with E-state index in [0.717, 1.165) is 36.2 Å². The van der Waals surface area contributed by atoms with Crippen LogP contribution in [0.1, 0.15) is 33.4 Å². The fourth-order valence-electron chi connectivity index (χ4n) is 2.51. The second-order valence-corrected chi connectivity index (χ2v) is 7.39. The Hall–Kier alpha value is -1.47. The van der Waals surface area contributed by atoms with E-state index >= 15 is 0 Å². The number of anilines is 1. The molecule has 1 aliphatic carbocycles. The highest BCUT2D eigenvalue weighted by atomic mass is 32.1. The topological polar surface area (TPSA) is 49.3 Å². The smallest absolute Gasteiger partial charge is 0.264 e. The van der Waals surface area contributed by atoms with E-state index in [1.54, 1.807) is 11.3 Å². The normalized spacial score (nSPS) is 19.0. The number of aromatic nitrogens is 2. The average molecular weight is 320 g/mol. The van der Waals surface area contributed by atoms with Crippen LogP contribution < -0.4 is 4.90 Å². The summed E-state index contributed by atoms with van der Waals surface area (Å²) in [7, 11) is 0. The van der Waals surface area contributed by atoms with Gasteiger partial charge in [-0.1, -0.05) is 17.4 Å². The maximum Gasteiger partial charge on any atom is 0.264 e. The summed E-state index contributed by atoms with van der Waals surface area (Å²) in [4.78, 5) is 17.3. The lowest BCUT2D eigenvalue weighted by molar-refractivity contribution is 0.0751. The number of piperazine rings is 1. The summed E-state index contributed by atoms with van der Waals surface area (Å²) in [6, 6.07) is 3.82. The Morgan fingerprint density at radius 2 is 2.00 bits per heavy atom. The number of amides is 1. The van der Waals surface area contributed by atoms with Crippen LogP contribution in [0.3, 0.4) is 0 Å². The zero-order valence-electron chi connectivity index (χ0n) is 11.6. The Balaban J connectivity index is 1.38. The predicted octanol–water partition coefficient (Wildman–Crippen LogP) is 2.44. The fourth-order valence-corrected chi connectivity index (χ4v) is 4.26. The fraction of sp³-hybridized carbons (Fsp3) is 0.500. The maximum atomic E-state index is 12.3. The molecule has 0 bridgehead atoms. The van der Waals surface area contributed by atoms with Gasteiger partial charge in [0.2, 0.25) is 5.13 Å². The van der Waals surface area contributed by atoms with E-state index in [9.17, 15) is 4.79 Å². The Morgan fingerprint density at radius 1 is 1.19 bits per heavy atom. The predicted molar refractivity (Wildman–Crippen MR) is 84.3 cm³/mol. The van der Waals surface area contributed by atoms with E-state index in [0.29, 0.717) is 5.92 Å². The highest BCUT2D eigenvalue weighted by Crippen LogP contribution is 2.42. The lowest BCUT2D eigenvalue weighted by Gasteiger charge is -2.34. The first-order valence-electron chi connectivity index (χ1n) is 7.22. The third-order valence-corrected chi connectivity index (χ3v) is 5.93. The number of rotatable bonds is 3. The summed E-state index contributed by atoms with van der Waals surface area (Å²) in [5.41, 5.74) is 0. The van der Waals surface area contributed by atoms with Crippen molar-refractivity contribution in [2.45, 2.75) is 18.8 Å². The van der Waals surface area contributed by atoms with Crippen molar-refractivity contribution in [1.82, 2.24) is 15.1 Å². The molecule has 1 saturated heterocycles. The Morgan fingerprint density at radius 3 is 2.67 bits per heavy atom. The molecule has 1 aliphatic heterocycles. The molecule has 110 valence electrons. The molecule has 4 rings (SSSR count). The second-order valence-electron chi connectivity index (χ2n) is 5.45. The molecular formula is C14H16N4OS2. The van der Waals surface area contributed by atoms with Gasteiger partial charge in [0.05, 0.1) is 4.88 Å². The Kier molecular flexibility index (Phi) is 3.39. The van der Waals surface area contributed by atoms with Crippen molar-refractivity contribution in [3.8, 4) is 0 Å². The molecule has 0 N–H and O–H groups in total. The van der Waals surface area contributed by atoms with Crippen molar-refractivity contribution in [1.29, 1.82) is 0 Å². The highest BCUT2D eigenvalue weighted by molar-refractivity contribution is 7.15. The van der Waals surface area contributed by atoms with Gasteiger partial charge < -0.3 is 9.80 Å². The quantitative estimate of drug-likeness (QED) is 0.871. The minimum absolute atomic E-state index is 0.153. The van der Waals surface area contributed by atoms with Gasteiger partial charge in [-0.25, -0.2) is 0 Å². The van der Waals surface area contributed by atoms with Gasteiger partial charge in [0, 0.05) is 32.1 Å². The molecule has 1 amide bonds. The van der Waals surface area contributed by atoms with Crippen LogP contribution in [0.2, 0.25) is 0 Å². The molecule has 0 unspecified atom stereocenters. The third-order valence-electron chi connectivity index (χ3n) is 3.93. The van der Waals surface area contributed by atoms with Gasteiger partial charge in [0.25, 0.3) is 5.91 Å². The van der Waals surface area contributed by atoms with Crippen molar-refractivity contribution >= 4 is 33.7 Å². The van der Waals surface area contributed by atoms with Gasteiger partial charge in [-0.05, 0) is 24.3 Å². The van der Waals surface area contributed by atoms with Crippen molar-refractivity contribution in [3.05, 3.63) is 27.4 Å². The first kappa shape index (κ1) is 13.2. The molecule has 0 atom stereocenters. The Labute approximate surface area is 131 Å². The molecular weight excluding hydrogens is 304 g/mol. The zero-order chi connectivity index (χ0) is 14.2. The lowest BCUT2D eigenvalue weighted by Crippen LogP contribution is -2.48. The lowest BCUT2D eigenvalue weighted by atomic mass is 10.3. The summed E-state index contributed by atoms with van der Waals surface area (Å²) >= 11 is 3.23. The number of hydrogen-bond donors (Lipinski definition) is 0. The van der Waals surface area contributed by atoms with Gasteiger partial charge in [0.15, 0.2) is 0 Å². The number of thiophene rings is 1. The SMILES string of the molecule is O=C(c1cccs1)N1CCN(c2nnc(C3CC3)s2)CC1. The molecule has 1 saturated carbocycles. The van der Waals surface area contributed by atoms with Crippen LogP contribution in [-0.2, 0) is 0 Å². The molecule has 2 fully saturated rings. The van der Waals surface area contributed by atoms with Gasteiger partial charge in [0.1, 0.15) is 5.01 Å². The van der Waals surface area contributed by atoms with E-state index in [1.807, 2.05) is 22.4 Å². The number of carbonyl (C=O) groups excluding carboxylic acids is 1. The summed E-state index contributed by atoms with van der Waals surface area (Å²) in [5.74, 6) is 0.818. The van der Waals surface area contributed by atoms with E-state index in [-0.39, 0.29) is 5.91 Å². The molecule has 0 spiro atoms. The molecule has 5 nitrogen and oxygen atoms in total. The molecule has 0 aromatic carbocycles. The molecule has 2 aromatic heterocycles. The van der Waals surface area contributed by atoms with Gasteiger partial charge in [-0.3, -0.25) is 4.79 Å². The first-order chi connectivity index (χ1) is 10.3. The maximum absolute atomic E-state index is 12.3. The van der Waals surface area contributed by atoms with E-state index in [1.165, 1.54) is 29.2 Å². The summed E-state index contributed by atoms with van der Waals surface area (Å²) < 4.78 is 0. The van der Waals surface area contributed by atoms with Crippen molar-refractivity contribution in [3.63, 3.8) is 0 Å². The van der Waals surface area contributed by atoms with Gasteiger partial charge >= 0.3 is 0 Å². The standard InChI is InChI=1S/C14H16N4OS2/c19-13(11-2-1-9-20-11)17-5-7-18(8-6-17)14-16-15-12(21-14)10-3-4-10/h1-2,9-10H,3-8H2. The molecule has 3 heterocycles. The first-order valence-corrected chi connectivity index (χ1v) is 8.92. The van der Waals surface area contributed by atoms with E-state index < -0.39 is 0 Å². The van der Waals surface area contributed by atoms with Crippen molar-refractivity contribution < 1.29 is 4.79 Å². The average Bonchev–Trinajstić information content (AvgIpc) is 3.05. The molecule has 2 aliphatic rings. The largest absolute Gasteiger partial charge is 0.343 e. The zero-order valence-corrected chi connectivity index (χ0v) is 13.2. The van der Waals surface area contributed by atoms with Crippen LogP contribution >= 0.6 is 22.7 Å². The van der Waals surface area contributed by atoms with Crippen LogP contribution in [0.5, 0.6) is 0 Å². The summed E-state index contributed by atoms with van der Waals surface area (Å²) in [5, 5.41) is 12.8. The molecule has 2 aromatic rings. The minimum Gasteiger partial charge on any atom is -0.343 e. The van der Waals surface area contributed by atoms with Crippen LogP contribution in [0.25, 0.3) is 0 Å². The van der Waals surface area contributed by atoms with Crippen LogP contribution in [-0.4, -0.2) is 47.2 Å². The van der Waals surface area contributed by atoms with Crippen molar-refractivity contribution in [2.75, 3.05) is 31.1 Å². The monoisotopic (exact) mass is 320 g/mol. The Bertz CT molecular complexity index is 627. The van der Waals surface area contributed by atoms with Crippen LogP contribution in [0.4, 0.5) is 5.13 Å². The van der Waals surface area contributed by atoms with Crippen LogP contribution in [0, 0.1) is 0 Å². The van der Waals surface area contributed by atoms with Gasteiger partial charge in [-0.2, -0.15) is 0 Å². The minimum atomic E-state index is 0.153. The third kappa shape index (κ3) is 2.67. The molecule has 7 heteroatoms. The number of nitrogens with zero attached hydrogens (tertiary/aromatic N) is 4. The van der Waals surface area contributed by atoms with E-state index in [2.05, 4.69) is 15.1 Å². The van der Waals surface area contributed by atoms with Crippen molar-refractivity contribution in [2.24, 2.45) is 0 Å². The van der Waals surface area contributed by atoms with E-state index in [4.69, 9.17) is 0 Å². The second kappa shape index (κ2) is 5.38. The number of carbonyl (C=O) groups is 1. The molecule has 0 radical (unpaired) electrons. The highest BCUT2D eigenvalue weighted by Gasteiger charge is 2.29. The summed E-state index contributed by atoms with van der Waals surface area (Å²) in [6.45, 7) is 3.21. The van der Waals surface area contributed by atoms with Crippen LogP contribution in [0.15, 0.2) is 17.5 Å². The summed E-state index contributed by atoms with van der Waals surface area (Å²) in [6.07, 6.45) is 2.52. The molecule has 21 heavy (non-hydrogen) atoms. The van der Waals surface area contributed by atoms with Gasteiger partial charge in [-0.15, -0.1) is 21.5 Å². The number of hydrogen-bond acceptors (Lipinski definition) is 6.